The molecule has 0 aliphatic carbocycles. The van der Waals surface area contributed by atoms with Crippen LogP contribution in [-0.4, -0.2) is 14.3 Å². The first-order valence-electron chi connectivity index (χ1n) is 8.49. The number of rotatable bonds is 5. The third kappa shape index (κ3) is 4.78. The topological polar surface area (TPSA) is 99.1 Å². The monoisotopic (exact) mass is 409 g/mol. The Balaban J connectivity index is 1.83. The maximum absolute atomic E-state index is 13.5. The summed E-state index contributed by atoms with van der Waals surface area (Å²) in [6.45, 7) is 1.56. The number of amides is 1. The fraction of sp³-hybridized carbons (Fsp3) is 0.0476. The van der Waals surface area contributed by atoms with Crippen LogP contribution in [0, 0.1) is 24.1 Å². The van der Waals surface area contributed by atoms with Crippen LogP contribution in [0.3, 0.4) is 0 Å². The number of aryl methyl sites for hydroxylation is 1. The Bertz CT molecular complexity index is 1230. The van der Waals surface area contributed by atoms with E-state index in [0.29, 0.717) is 16.8 Å². The largest absolute Gasteiger partial charge is 0.322 e. The maximum atomic E-state index is 13.5. The Hall–Kier alpha value is -3.70. The van der Waals surface area contributed by atoms with Gasteiger partial charge in [-0.05, 0) is 61.0 Å². The zero-order valence-corrected chi connectivity index (χ0v) is 16.1. The van der Waals surface area contributed by atoms with Gasteiger partial charge in [0.2, 0.25) is 0 Å². The van der Waals surface area contributed by atoms with Gasteiger partial charge in [0.05, 0.1) is 16.5 Å². The molecular formula is C21H16FN3O3S. The molecule has 146 valence electrons. The van der Waals surface area contributed by atoms with Crippen molar-refractivity contribution < 1.29 is 17.6 Å². The minimum absolute atomic E-state index is 0.159. The molecule has 3 rings (SSSR count). The second-order valence-corrected chi connectivity index (χ2v) is 7.89. The van der Waals surface area contributed by atoms with Crippen LogP contribution in [0.25, 0.3) is 0 Å². The number of sulfonamides is 1. The molecule has 6 nitrogen and oxygen atoms in total. The van der Waals surface area contributed by atoms with Crippen molar-refractivity contribution in [1.29, 1.82) is 5.26 Å². The third-order valence-corrected chi connectivity index (χ3v) is 5.59. The molecular weight excluding hydrogens is 393 g/mol. The van der Waals surface area contributed by atoms with Gasteiger partial charge in [0.15, 0.2) is 0 Å². The zero-order chi connectivity index (χ0) is 21.0. The molecule has 0 radical (unpaired) electrons. The van der Waals surface area contributed by atoms with Gasteiger partial charge in [-0.25, -0.2) is 12.8 Å². The molecule has 0 saturated heterocycles. The molecule has 0 fully saturated rings. The van der Waals surface area contributed by atoms with Crippen molar-refractivity contribution in [2.75, 3.05) is 10.0 Å². The smallest absolute Gasteiger partial charge is 0.262 e. The summed E-state index contributed by atoms with van der Waals surface area (Å²) in [6.07, 6.45) is 0. The number of hydrogen-bond donors (Lipinski definition) is 2. The Labute approximate surface area is 167 Å². The van der Waals surface area contributed by atoms with E-state index in [0.717, 1.165) is 6.07 Å². The van der Waals surface area contributed by atoms with Crippen LogP contribution in [0.5, 0.6) is 0 Å². The van der Waals surface area contributed by atoms with Gasteiger partial charge in [0.25, 0.3) is 15.9 Å². The summed E-state index contributed by atoms with van der Waals surface area (Å²) >= 11 is 0. The summed E-state index contributed by atoms with van der Waals surface area (Å²) in [5.74, 6) is -1.13. The average Bonchev–Trinajstić information content (AvgIpc) is 2.69. The van der Waals surface area contributed by atoms with Crippen LogP contribution in [0.15, 0.2) is 71.6 Å². The highest BCUT2D eigenvalue weighted by atomic mass is 32.2. The minimum Gasteiger partial charge on any atom is -0.322 e. The number of carbonyl (C=O) groups is 1. The lowest BCUT2D eigenvalue weighted by molar-refractivity contribution is 0.102. The van der Waals surface area contributed by atoms with Crippen molar-refractivity contribution in [2.45, 2.75) is 11.8 Å². The highest BCUT2D eigenvalue weighted by Gasteiger charge is 2.18. The van der Waals surface area contributed by atoms with Gasteiger partial charge in [-0.1, -0.05) is 18.2 Å². The van der Waals surface area contributed by atoms with Gasteiger partial charge in [-0.3, -0.25) is 9.52 Å². The van der Waals surface area contributed by atoms with Gasteiger partial charge in [0.1, 0.15) is 5.82 Å². The van der Waals surface area contributed by atoms with Crippen molar-refractivity contribution >= 4 is 27.3 Å². The fourth-order valence-electron chi connectivity index (χ4n) is 2.67. The zero-order valence-electron chi connectivity index (χ0n) is 15.3. The van der Waals surface area contributed by atoms with Gasteiger partial charge < -0.3 is 5.32 Å². The molecule has 3 aromatic carbocycles. The van der Waals surface area contributed by atoms with Crippen LogP contribution in [0.1, 0.15) is 21.5 Å². The number of nitrogens with one attached hydrogen (secondary N) is 2. The Kier molecular flexibility index (Phi) is 5.61. The average molecular weight is 409 g/mol. The SMILES string of the molecule is Cc1ccc(F)cc1S(=O)(=O)Nc1cccc(C(=O)Nc2cccc(C#N)c2)c1. The van der Waals surface area contributed by atoms with Gasteiger partial charge >= 0.3 is 0 Å². The number of nitriles is 1. The number of anilines is 2. The van der Waals surface area contributed by atoms with Crippen molar-refractivity contribution in [3.63, 3.8) is 0 Å². The Morgan fingerprint density at radius 3 is 2.48 bits per heavy atom. The third-order valence-electron chi connectivity index (χ3n) is 4.07. The normalized spacial score (nSPS) is 10.8. The van der Waals surface area contributed by atoms with E-state index < -0.39 is 21.7 Å². The number of benzene rings is 3. The molecule has 1 amide bonds. The lowest BCUT2D eigenvalue weighted by Crippen LogP contribution is -2.16. The minimum atomic E-state index is -4.03. The summed E-state index contributed by atoms with van der Waals surface area (Å²) in [4.78, 5) is 12.3. The molecule has 0 aromatic heterocycles. The molecule has 8 heteroatoms. The van der Waals surface area contributed by atoms with Gasteiger partial charge in [0, 0.05) is 16.9 Å². The van der Waals surface area contributed by atoms with Crippen LogP contribution < -0.4 is 10.0 Å². The maximum Gasteiger partial charge on any atom is 0.262 e. The van der Waals surface area contributed by atoms with Crippen molar-refractivity contribution in [1.82, 2.24) is 0 Å². The first kappa shape index (κ1) is 20.0. The van der Waals surface area contributed by atoms with Crippen molar-refractivity contribution in [3.05, 3.63) is 89.2 Å². The molecule has 29 heavy (non-hydrogen) atoms. The predicted molar refractivity (Wildman–Crippen MR) is 107 cm³/mol. The van der Waals surface area contributed by atoms with E-state index in [1.54, 1.807) is 25.1 Å². The molecule has 0 unspecified atom stereocenters. The summed E-state index contributed by atoms with van der Waals surface area (Å²) in [5, 5.41) is 11.6. The Morgan fingerprint density at radius 1 is 1.00 bits per heavy atom. The summed E-state index contributed by atoms with van der Waals surface area (Å²) < 4.78 is 41.1. The molecule has 3 aromatic rings. The second kappa shape index (κ2) is 8.12. The number of hydrogen-bond acceptors (Lipinski definition) is 4. The van der Waals surface area contributed by atoms with E-state index in [2.05, 4.69) is 10.0 Å². The van der Waals surface area contributed by atoms with E-state index in [-0.39, 0.29) is 16.1 Å². The lowest BCUT2D eigenvalue weighted by atomic mass is 10.1. The fourth-order valence-corrected chi connectivity index (χ4v) is 3.97. The lowest BCUT2D eigenvalue weighted by Gasteiger charge is -2.12. The van der Waals surface area contributed by atoms with Crippen molar-refractivity contribution in [3.8, 4) is 6.07 Å². The van der Waals surface area contributed by atoms with Gasteiger partial charge in [-0.2, -0.15) is 5.26 Å². The molecule has 0 aliphatic heterocycles. The van der Waals surface area contributed by atoms with E-state index in [9.17, 15) is 17.6 Å². The molecule has 0 atom stereocenters. The molecule has 0 bridgehead atoms. The number of carbonyl (C=O) groups excluding carboxylic acids is 1. The van der Waals surface area contributed by atoms with Crippen LogP contribution >= 0.6 is 0 Å². The highest BCUT2D eigenvalue weighted by molar-refractivity contribution is 7.92. The molecule has 0 saturated carbocycles. The van der Waals surface area contributed by atoms with Crippen LogP contribution in [0.2, 0.25) is 0 Å². The van der Waals surface area contributed by atoms with Crippen LogP contribution in [0.4, 0.5) is 15.8 Å². The number of nitrogens with zero attached hydrogens (tertiary/aromatic N) is 1. The highest BCUT2D eigenvalue weighted by Crippen LogP contribution is 2.21. The summed E-state index contributed by atoms with van der Waals surface area (Å²) in [7, 11) is -4.03. The summed E-state index contributed by atoms with van der Waals surface area (Å²) in [5.41, 5.74) is 1.60. The molecule has 0 aliphatic rings. The van der Waals surface area contributed by atoms with Crippen molar-refractivity contribution in [2.24, 2.45) is 0 Å². The summed E-state index contributed by atoms with van der Waals surface area (Å²) in [6, 6.07) is 17.8. The second-order valence-electron chi connectivity index (χ2n) is 6.24. The van der Waals surface area contributed by atoms with Gasteiger partial charge in [-0.15, -0.1) is 0 Å². The predicted octanol–water partition coefficient (Wildman–Crippen LogP) is 4.06. The van der Waals surface area contributed by atoms with E-state index >= 15 is 0 Å². The number of halogens is 1. The van der Waals surface area contributed by atoms with E-state index in [4.69, 9.17) is 5.26 Å². The Morgan fingerprint density at radius 2 is 1.72 bits per heavy atom. The molecule has 2 N–H and O–H groups in total. The molecule has 0 spiro atoms. The molecule has 0 heterocycles. The first-order chi connectivity index (χ1) is 13.8. The van der Waals surface area contributed by atoms with E-state index in [1.165, 1.54) is 42.5 Å². The quantitative estimate of drug-likeness (QED) is 0.664. The first-order valence-corrected chi connectivity index (χ1v) is 9.97. The van der Waals surface area contributed by atoms with Crippen LogP contribution in [-0.2, 0) is 10.0 Å². The standard InChI is InChI=1S/C21H16FN3O3S/c1-14-8-9-17(22)12-20(14)29(27,28)25-19-7-3-5-16(11-19)21(26)24-18-6-2-4-15(10-18)13-23/h2-12,25H,1H3,(H,24,26). The van der Waals surface area contributed by atoms with E-state index in [1.807, 2.05) is 6.07 Å².